The zero-order chi connectivity index (χ0) is 21.5. The molecule has 0 radical (unpaired) electrons. The van der Waals surface area contributed by atoms with Crippen molar-refractivity contribution in [3.8, 4) is 11.5 Å². The number of morpholine rings is 1. The molecule has 1 amide bonds. The number of rotatable bonds is 8. The van der Waals surface area contributed by atoms with Crippen molar-refractivity contribution < 1.29 is 19.0 Å². The third-order valence-corrected chi connectivity index (χ3v) is 4.74. The van der Waals surface area contributed by atoms with Crippen molar-refractivity contribution in [3.63, 3.8) is 0 Å². The molecule has 0 bridgehead atoms. The topological polar surface area (TPSA) is 72.9 Å². The van der Waals surface area contributed by atoms with E-state index >= 15 is 0 Å². The highest BCUT2D eigenvalue weighted by molar-refractivity contribution is 5.91. The van der Waals surface area contributed by atoms with Crippen LogP contribution in [0, 0.1) is 0 Å². The van der Waals surface area contributed by atoms with Gasteiger partial charge in [0.15, 0.2) is 18.1 Å². The summed E-state index contributed by atoms with van der Waals surface area (Å²) in [6.45, 7) is 9.31. The van der Waals surface area contributed by atoms with E-state index in [1.54, 1.807) is 19.4 Å². The van der Waals surface area contributed by atoms with E-state index in [4.69, 9.17) is 14.2 Å². The summed E-state index contributed by atoms with van der Waals surface area (Å²) in [5.41, 5.74) is 1.68. The van der Waals surface area contributed by atoms with Gasteiger partial charge in [0.25, 0.3) is 5.91 Å². The van der Waals surface area contributed by atoms with Crippen molar-refractivity contribution in [2.24, 2.45) is 0 Å². The van der Waals surface area contributed by atoms with Gasteiger partial charge in [0.2, 0.25) is 0 Å². The fraction of sp³-hybridized carbons (Fsp3) is 0.391. The van der Waals surface area contributed by atoms with E-state index in [0.717, 1.165) is 30.9 Å². The first kappa shape index (κ1) is 21.6. The van der Waals surface area contributed by atoms with Gasteiger partial charge in [-0.1, -0.05) is 12.1 Å². The highest BCUT2D eigenvalue weighted by Crippen LogP contribution is 2.28. The molecule has 0 spiro atoms. The molecule has 3 rings (SSSR count). The smallest absolute Gasteiger partial charge is 0.262 e. The van der Waals surface area contributed by atoms with Gasteiger partial charge in [0, 0.05) is 13.1 Å². The van der Waals surface area contributed by atoms with Gasteiger partial charge in [0.05, 0.1) is 31.2 Å². The van der Waals surface area contributed by atoms with E-state index in [9.17, 15) is 4.79 Å². The maximum atomic E-state index is 12.3. The van der Waals surface area contributed by atoms with Crippen LogP contribution < -0.4 is 19.7 Å². The van der Waals surface area contributed by atoms with Gasteiger partial charge in [-0.25, -0.2) is 4.98 Å². The summed E-state index contributed by atoms with van der Waals surface area (Å²) in [5, 5.41) is 2.81. The van der Waals surface area contributed by atoms with E-state index in [1.165, 1.54) is 0 Å². The second-order valence-electron chi connectivity index (χ2n) is 7.38. The Bertz CT molecular complexity index is 859. The Hall–Kier alpha value is -3.06. The Balaban J connectivity index is 1.54. The first-order chi connectivity index (χ1) is 14.5. The maximum absolute atomic E-state index is 12.3. The number of hydrogen-bond acceptors (Lipinski definition) is 6. The molecule has 2 heterocycles. The molecule has 7 heteroatoms. The molecule has 1 aromatic heterocycles. The molecule has 1 fully saturated rings. The van der Waals surface area contributed by atoms with E-state index in [-0.39, 0.29) is 24.7 Å². The van der Waals surface area contributed by atoms with Crippen LogP contribution in [-0.2, 0) is 16.0 Å². The van der Waals surface area contributed by atoms with Crippen LogP contribution in [0.4, 0.5) is 11.5 Å². The van der Waals surface area contributed by atoms with Crippen molar-refractivity contribution in [2.45, 2.75) is 32.5 Å². The molecule has 0 saturated carbocycles. The number of benzene rings is 1. The predicted octanol–water partition coefficient (Wildman–Crippen LogP) is 3.45. The third-order valence-electron chi connectivity index (χ3n) is 4.74. The lowest BCUT2D eigenvalue weighted by Gasteiger charge is -2.36. The number of allylic oxidation sites excluding steroid dienone is 1. The molecular formula is C23H29N3O4. The van der Waals surface area contributed by atoms with Crippen molar-refractivity contribution in [1.82, 2.24) is 4.98 Å². The molecule has 1 N–H and O–H groups in total. The third kappa shape index (κ3) is 5.73. The quantitative estimate of drug-likeness (QED) is 0.671. The Kier molecular flexibility index (Phi) is 7.30. The molecule has 2 aromatic rings. The summed E-state index contributed by atoms with van der Waals surface area (Å²) < 4.78 is 16.7. The Morgan fingerprint density at radius 3 is 2.67 bits per heavy atom. The van der Waals surface area contributed by atoms with Crippen LogP contribution >= 0.6 is 0 Å². The minimum absolute atomic E-state index is 0.128. The molecular weight excluding hydrogens is 382 g/mol. The number of amides is 1. The summed E-state index contributed by atoms with van der Waals surface area (Å²) in [5.74, 6) is 1.71. The van der Waals surface area contributed by atoms with Crippen molar-refractivity contribution in [2.75, 3.05) is 37.0 Å². The molecule has 1 aromatic carbocycles. The molecule has 7 nitrogen and oxygen atoms in total. The predicted molar refractivity (Wildman–Crippen MR) is 117 cm³/mol. The minimum Gasteiger partial charge on any atom is -0.493 e. The molecule has 2 unspecified atom stereocenters. The first-order valence-corrected chi connectivity index (χ1v) is 10.1. The van der Waals surface area contributed by atoms with E-state index in [1.807, 2.05) is 30.3 Å². The SMILES string of the molecule is C=CCc1ccc(OCC(=O)Nc2ccc(N3CC(C)OC(C)C3)nc2)c(OC)c1. The Labute approximate surface area is 177 Å². The number of aromatic nitrogens is 1. The van der Waals surface area contributed by atoms with Gasteiger partial charge >= 0.3 is 0 Å². The Morgan fingerprint density at radius 2 is 2.03 bits per heavy atom. The molecule has 0 aliphatic carbocycles. The van der Waals surface area contributed by atoms with Crippen LogP contribution in [0.5, 0.6) is 11.5 Å². The molecule has 1 aliphatic heterocycles. The summed E-state index contributed by atoms with van der Waals surface area (Å²) in [7, 11) is 1.57. The zero-order valence-corrected chi connectivity index (χ0v) is 17.8. The minimum atomic E-state index is -0.268. The largest absolute Gasteiger partial charge is 0.493 e. The normalized spacial score (nSPS) is 18.6. The van der Waals surface area contributed by atoms with Crippen LogP contribution in [0.1, 0.15) is 19.4 Å². The lowest BCUT2D eigenvalue weighted by atomic mass is 10.1. The monoisotopic (exact) mass is 411 g/mol. The zero-order valence-electron chi connectivity index (χ0n) is 17.8. The lowest BCUT2D eigenvalue weighted by Crippen LogP contribution is -2.45. The summed E-state index contributed by atoms with van der Waals surface area (Å²) in [4.78, 5) is 19.0. The summed E-state index contributed by atoms with van der Waals surface area (Å²) in [6, 6.07) is 9.35. The number of pyridine rings is 1. The number of anilines is 2. The van der Waals surface area contributed by atoms with E-state index < -0.39 is 0 Å². The van der Waals surface area contributed by atoms with Crippen LogP contribution in [0.2, 0.25) is 0 Å². The van der Waals surface area contributed by atoms with Gasteiger partial charge in [-0.3, -0.25) is 4.79 Å². The second kappa shape index (κ2) is 10.1. The summed E-state index contributed by atoms with van der Waals surface area (Å²) in [6.07, 6.45) is 4.54. The van der Waals surface area contributed by atoms with Crippen LogP contribution in [0.3, 0.4) is 0 Å². The van der Waals surface area contributed by atoms with Gasteiger partial charge in [-0.2, -0.15) is 0 Å². The number of nitrogens with one attached hydrogen (secondary N) is 1. The molecule has 2 atom stereocenters. The first-order valence-electron chi connectivity index (χ1n) is 10.1. The average molecular weight is 412 g/mol. The number of hydrogen-bond donors (Lipinski definition) is 1. The highest BCUT2D eigenvalue weighted by atomic mass is 16.5. The number of carbonyl (C=O) groups excluding carboxylic acids is 1. The van der Waals surface area contributed by atoms with Gasteiger partial charge < -0.3 is 24.4 Å². The second-order valence-corrected chi connectivity index (χ2v) is 7.38. The van der Waals surface area contributed by atoms with Gasteiger partial charge in [-0.05, 0) is 50.1 Å². The average Bonchev–Trinajstić information content (AvgIpc) is 2.72. The van der Waals surface area contributed by atoms with Crippen LogP contribution in [0.15, 0.2) is 49.2 Å². The van der Waals surface area contributed by atoms with Crippen molar-refractivity contribution in [1.29, 1.82) is 0 Å². The van der Waals surface area contributed by atoms with Crippen molar-refractivity contribution >= 4 is 17.4 Å². The van der Waals surface area contributed by atoms with Crippen LogP contribution in [0.25, 0.3) is 0 Å². The lowest BCUT2D eigenvalue weighted by molar-refractivity contribution is -0.118. The van der Waals surface area contributed by atoms with Crippen LogP contribution in [-0.4, -0.2) is 49.9 Å². The van der Waals surface area contributed by atoms with Gasteiger partial charge in [-0.15, -0.1) is 6.58 Å². The number of carbonyl (C=O) groups is 1. The summed E-state index contributed by atoms with van der Waals surface area (Å²) >= 11 is 0. The van der Waals surface area contributed by atoms with Gasteiger partial charge in [0.1, 0.15) is 5.82 Å². The Morgan fingerprint density at radius 1 is 1.27 bits per heavy atom. The molecule has 160 valence electrons. The molecule has 1 aliphatic rings. The fourth-order valence-electron chi connectivity index (χ4n) is 3.48. The molecule has 30 heavy (non-hydrogen) atoms. The maximum Gasteiger partial charge on any atom is 0.262 e. The fourth-order valence-corrected chi connectivity index (χ4v) is 3.48. The standard InChI is InChI=1S/C23H29N3O4/c1-5-6-18-7-9-20(21(11-18)28-4)29-15-23(27)25-19-8-10-22(24-12-19)26-13-16(2)30-17(3)14-26/h5,7-12,16-17H,1,6,13-15H2,2-4H3,(H,25,27). The van der Waals surface area contributed by atoms with E-state index in [0.29, 0.717) is 17.2 Å². The van der Waals surface area contributed by atoms with E-state index in [2.05, 4.69) is 35.6 Å². The number of methoxy groups -OCH3 is 1. The number of nitrogens with zero attached hydrogens (tertiary/aromatic N) is 2. The molecule has 1 saturated heterocycles. The van der Waals surface area contributed by atoms with Crippen molar-refractivity contribution in [3.05, 3.63) is 54.7 Å². The highest BCUT2D eigenvalue weighted by Gasteiger charge is 2.23. The number of ether oxygens (including phenoxy) is 3.